The maximum absolute atomic E-state index is 13.1. The Morgan fingerprint density at radius 3 is 2.60 bits per heavy atom. The second-order valence-electron chi connectivity index (χ2n) is 10.2. The molecule has 10 heteroatoms. The SMILES string of the molecule is CC(=Cc1csc(C)n1)[C@@H]1C[C@@H]2O[C@]2(Cl)CCO[C@@H](C)[C@@H](O)[C@@H](C)C(=O)C(C)(C)[C@@H](O)CC(=O)O1. The molecule has 1 aromatic heterocycles. The molecule has 7 atom stereocenters. The normalized spacial score (nSPS) is 37.5. The first kappa shape index (κ1) is 28.2. The van der Waals surface area contributed by atoms with Crippen molar-refractivity contribution in [1.29, 1.82) is 0 Å². The summed E-state index contributed by atoms with van der Waals surface area (Å²) in [6, 6.07) is 0. The predicted molar refractivity (Wildman–Crippen MR) is 133 cm³/mol. The van der Waals surface area contributed by atoms with Crippen molar-refractivity contribution in [3.8, 4) is 0 Å². The summed E-state index contributed by atoms with van der Waals surface area (Å²) in [5.74, 6) is -1.81. The van der Waals surface area contributed by atoms with E-state index in [2.05, 4.69) is 4.98 Å². The number of cyclic esters (lactones) is 1. The number of alkyl halides is 1. The molecule has 196 valence electrons. The van der Waals surface area contributed by atoms with Gasteiger partial charge in [-0.15, -0.1) is 11.3 Å². The molecule has 0 bridgehead atoms. The van der Waals surface area contributed by atoms with Gasteiger partial charge >= 0.3 is 5.97 Å². The van der Waals surface area contributed by atoms with Crippen LogP contribution in [-0.2, 0) is 23.8 Å². The third kappa shape index (κ3) is 6.70. The average Bonchev–Trinajstić information content (AvgIpc) is 3.22. The number of aromatic nitrogens is 1. The summed E-state index contributed by atoms with van der Waals surface area (Å²) < 4.78 is 17.3. The molecule has 0 aromatic carbocycles. The highest BCUT2D eigenvalue weighted by molar-refractivity contribution is 7.09. The number of ketones is 1. The quantitative estimate of drug-likeness (QED) is 0.338. The number of Topliss-reactive ketones (excluding diaryl/α,β-unsaturated/α-hetero) is 1. The molecule has 2 N–H and O–H groups in total. The molecular formula is C25H36ClNO7S. The smallest absolute Gasteiger partial charge is 0.309 e. The molecule has 0 radical (unpaired) electrons. The van der Waals surface area contributed by atoms with Crippen molar-refractivity contribution in [1.82, 2.24) is 4.98 Å². The summed E-state index contributed by atoms with van der Waals surface area (Å²) in [5.41, 5.74) is 0.258. The fraction of sp³-hybridized carbons (Fsp3) is 0.720. The number of nitrogens with zero attached hydrogens (tertiary/aromatic N) is 1. The Morgan fingerprint density at radius 1 is 1.29 bits per heavy atom. The van der Waals surface area contributed by atoms with E-state index in [-0.39, 0.29) is 24.9 Å². The van der Waals surface area contributed by atoms with E-state index in [0.717, 1.165) is 16.3 Å². The molecule has 8 nitrogen and oxygen atoms in total. The number of ether oxygens (including phenoxy) is 3. The number of halogens is 1. The Morgan fingerprint density at radius 2 is 1.97 bits per heavy atom. The molecule has 2 aliphatic heterocycles. The van der Waals surface area contributed by atoms with Crippen LogP contribution in [0, 0.1) is 18.3 Å². The summed E-state index contributed by atoms with van der Waals surface area (Å²) in [6.07, 6.45) is -1.82. The lowest BCUT2D eigenvalue weighted by molar-refractivity contribution is -0.155. The number of aryl methyl sites for hydroxylation is 1. The number of esters is 1. The topological polar surface area (TPSA) is 118 Å². The van der Waals surface area contributed by atoms with Crippen LogP contribution in [0.2, 0.25) is 0 Å². The lowest BCUT2D eigenvalue weighted by Gasteiger charge is -2.34. The Hall–Kier alpha value is -1.36. The minimum absolute atomic E-state index is 0.225. The second-order valence-corrected chi connectivity index (χ2v) is 11.9. The highest BCUT2D eigenvalue weighted by Crippen LogP contribution is 2.47. The Kier molecular flexibility index (Phi) is 8.82. The fourth-order valence-electron chi connectivity index (χ4n) is 4.36. The summed E-state index contributed by atoms with van der Waals surface area (Å²) in [7, 11) is 0. The monoisotopic (exact) mass is 529 g/mol. The van der Waals surface area contributed by atoms with Crippen molar-refractivity contribution < 1.29 is 34.0 Å². The molecular weight excluding hydrogens is 494 g/mol. The Bertz CT molecular complexity index is 963. The first-order valence-corrected chi connectivity index (χ1v) is 13.2. The molecule has 3 heterocycles. The number of hydrogen-bond acceptors (Lipinski definition) is 9. The minimum atomic E-state index is -1.29. The van der Waals surface area contributed by atoms with Gasteiger partial charge in [-0.05, 0) is 32.4 Å². The van der Waals surface area contributed by atoms with Crippen molar-refractivity contribution in [3.63, 3.8) is 0 Å². The molecule has 1 aromatic rings. The van der Waals surface area contributed by atoms with E-state index in [1.54, 1.807) is 27.7 Å². The zero-order valence-electron chi connectivity index (χ0n) is 21.1. The van der Waals surface area contributed by atoms with Crippen LogP contribution >= 0.6 is 22.9 Å². The number of epoxide rings is 1. The van der Waals surface area contributed by atoms with E-state index in [1.165, 1.54) is 11.3 Å². The van der Waals surface area contributed by atoms with Crippen molar-refractivity contribution in [2.24, 2.45) is 11.3 Å². The van der Waals surface area contributed by atoms with Gasteiger partial charge in [-0.1, -0.05) is 32.4 Å². The van der Waals surface area contributed by atoms with Gasteiger partial charge in [0.2, 0.25) is 0 Å². The van der Waals surface area contributed by atoms with Crippen LogP contribution in [0.1, 0.15) is 64.6 Å². The Balaban J connectivity index is 1.85. The first-order valence-electron chi connectivity index (χ1n) is 11.9. The van der Waals surface area contributed by atoms with Gasteiger partial charge in [-0.2, -0.15) is 0 Å². The lowest BCUT2D eigenvalue weighted by Crippen LogP contribution is -2.47. The van der Waals surface area contributed by atoms with Crippen molar-refractivity contribution in [2.75, 3.05) is 6.61 Å². The lowest BCUT2D eigenvalue weighted by atomic mass is 9.74. The number of hydrogen-bond donors (Lipinski definition) is 2. The van der Waals surface area contributed by atoms with Crippen molar-refractivity contribution in [3.05, 3.63) is 21.7 Å². The van der Waals surface area contributed by atoms with Crippen LogP contribution in [0.5, 0.6) is 0 Å². The Labute approximate surface area is 215 Å². The van der Waals surface area contributed by atoms with Crippen molar-refractivity contribution in [2.45, 2.75) is 96.4 Å². The summed E-state index contributed by atoms with van der Waals surface area (Å²) in [4.78, 5) is 30.5. The van der Waals surface area contributed by atoms with Gasteiger partial charge in [0, 0.05) is 24.1 Å². The van der Waals surface area contributed by atoms with Gasteiger partial charge in [-0.25, -0.2) is 4.98 Å². The molecule has 3 rings (SSSR count). The van der Waals surface area contributed by atoms with Gasteiger partial charge < -0.3 is 24.4 Å². The van der Waals surface area contributed by atoms with Gasteiger partial charge in [0.25, 0.3) is 0 Å². The molecule has 35 heavy (non-hydrogen) atoms. The number of fused-ring (bicyclic) bond motifs is 1. The number of rotatable bonds is 2. The van der Waals surface area contributed by atoms with Crippen LogP contribution in [0.4, 0.5) is 0 Å². The third-order valence-electron chi connectivity index (χ3n) is 7.04. The van der Waals surface area contributed by atoms with Crippen LogP contribution in [0.25, 0.3) is 6.08 Å². The van der Waals surface area contributed by atoms with E-state index in [4.69, 9.17) is 25.8 Å². The number of aliphatic hydroxyl groups excluding tert-OH is 2. The molecule has 0 aliphatic carbocycles. The fourth-order valence-corrected chi connectivity index (χ4v) is 5.20. The highest BCUT2D eigenvalue weighted by atomic mass is 35.5. The highest BCUT2D eigenvalue weighted by Gasteiger charge is 2.56. The number of aliphatic hydroxyl groups is 2. The maximum atomic E-state index is 13.1. The average molecular weight is 530 g/mol. The van der Waals surface area contributed by atoms with Gasteiger partial charge in [0.1, 0.15) is 18.0 Å². The number of carbonyl (C=O) groups is 2. The number of thiazole rings is 1. The summed E-state index contributed by atoms with van der Waals surface area (Å²) >= 11 is 8.13. The molecule has 0 amide bonds. The van der Waals surface area contributed by atoms with E-state index in [1.807, 2.05) is 25.3 Å². The first-order chi connectivity index (χ1) is 16.2. The molecule has 0 unspecified atom stereocenters. The van der Waals surface area contributed by atoms with Gasteiger partial charge in [0.05, 0.1) is 47.5 Å². The van der Waals surface area contributed by atoms with Crippen LogP contribution in [0.15, 0.2) is 11.0 Å². The van der Waals surface area contributed by atoms with Gasteiger partial charge in [-0.3, -0.25) is 9.59 Å². The zero-order valence-corrected chi connectivity index (χ0v) is 22.7. The molecule has 2 fully saturated rings. The predicted octanol–water partition coefficient (Wildman–Crippen LogP) is 3.64. The molecule has 2 saturated heterocycles. The standard InChI is InChI=1S/C25H36ClNO7S/c1-13(9-17-12-35-16(4)27-17)18-10-20-25(26,34-20)7-8-32-15(3)22(30)14(2)23(31)24(5,6)19(28)11-21(29)33-18/h9,12,14-15,18-20,22,28,30H,7-8,10-11H2,1-6H3/t14-,15+,18+,19+,20+,22+,25-/m1/s1. The third-order valence-corrected chi connectivity index (χ3v) is 8.36. The van der Waals surface area contributed by atoms with Gasteiger partial charge in [0.15, 0.2) is 5.06 Å². The van der Waals surface area contributed by atoms with Crippen molar-refractivity contribution >= 4 is 40.8 Å². The van der Waals surface area contributed by atoms with Crippen LogP contribution < -0.4 is 0 Å². The largest absolute Gasteiger partial charge is 0.458 e. The minimum Gasteiger partial charge on any atom is -0.458 e. The molecule has 2 aliphatic rings. The number of carbonyl (C=O) groups excluding carboxylic acids is 2. The second kappa shape index (κ2) is 10.9. The van der Waals surface area contributed by atoms with Crippen LogP contribution in [0.3, 0.4) is 0 Å². The van der Waals surface area contributed by atoms with E-state index < -0.39 is 46.8 Å². The summed E-state index contributed by atoms with van der Waals surface area (Å²) in [6.45, 7) is 10.4. The molecule has 0 saturated carbocycles. The van der Waals surface area contributed by atoms with E-state index in [9.17, 15) is 19.8 Å². The maximum Gasteiger partial charge on any atom is 0.309 e. The zero-order chi connectivity index (χ0) is 26.1. The van der Waals surface area contributed by atoms with E-state index in [0.29, 0.717) is 12.8 Å². The molecule has 0 spiro atoms. The summed E-state index contributed by atoms with van der Waals surface area (Å²) in [5, 5.41) is 23.4. The van der Waals surface area contributed by atoms with Crippen LogP contribution in [-0.4, -0.2) is 69.1 Å². The van der Waals surface area contributed by atoms with E-state index >= 15 is 0 Å².